The smallest absolute Gasteiger partial charge is 0.0281 e. The van der Waals surface area contributed by atoms with Crippen LogP contribution in [0.3, 0.4) is 0 Å². The van der Waals surface area contributed by atoms with Gasteiger partial charge in [-0.1, -0.05) is 19.3 Å². The van der Waals surface area contributed by atoms with Crippen molar-refractivity contribution in [2.75, 3.05) is 32.9 Å². The first kappa shape index (κ1) is 13.7. The third kappa shape index (κ3) is 3.62. The van der Waals surface area contributed by atoms with Crippen LogP contribution in [0.4, 0.5) is 0 Å². The average Bonchev–Trinajstić information content (AvgIpc) is 2.81. The first-order chi connectivity index (χ1) is 8.26. The molecule has 17 heavy (non-hydrogen) atoms. The standard InChI is InChI=1S/C14H28N2S/c1-16-10-6-3-7-13(16)11-15-12-14(17-2)8-4-5-9-14/h13,15H,3-12H2,1-2H3. The van der Waals surface area contributed by atoms with Crippen LogP contribution in [0.2, 0.25) is 0 Å². The Balaban J connectivity index is 1.71. The minimum absolute atomic E-state index is 0.563. The van der Waals surface area contributed by atoms with Gasteiger partial charge in [0.25, 0.3) is 0 Å². The fourth-order valence-electron chi connectivity index (χ4n) is 3.34. The maximum Gasteiger partial charge on any atom is 0.0281 e. The van der Waals surface area contributed by atoms with E-state index in [9.17, 15) is 0 Å². The monoisotopic (exact) mass is 256 g/mol. The lowest BCUT2D eigenvalue weighted by molar-refractivity contribution is 0.181. The molecule has 1 unspecified atom stereocenters. The van der Waals surface area contributed by atoms with Gasteiger partial charge in [-0.15, -0.1) is 0 Å². The highest BCUT2D eigenvalue weighted by Gasteiger charge is 2.32. The summed E-state index contributed by atoms with van der Waals surface area (Å²) in [5.41, 5.74) is 0. The summed E-state index contributed by atoms with van der Waals surface area (Å²) < 4.78 is 0.563. The van der Waals surface area contributed by atoms with Crippen LogP contribution in [0.25, 0.3) is 0 Å². The summed E-state index contributed by atoms with van der Waals surface area (Å²) in [6, 6.07) is 0.782. The second kappa shape index (κ2) is 6.44. The highest BCUT2D eigenvalue weighted by atomic mass is 32.2. The Morgan fingerprint density at radius 2 is 2.00 bits per heavy atom. The van der Waals surface area contributed by atoms with Crippen LogP contribution in [-0.2, 0) is 0 Å². The maximum atomic E-state index is 3.76. The summed E-state index contributed by atoms with van der Waals surface area (Å²) >= 11 is 2.09. The van der Waals surface area contributed by atoms with Gasteiger partial charge in [-0.3, -0.25) is 0 Å². The largest absolute Gasteiger partial charge is 0.314 e. The number of rotatable bonds is 5. The molecule has 2 aliphatic rings. The summed E-state index contributed by atoms with van der Waals surface area (Å²) in [6.07, 6.45) is 12.2. The lowest BCUT2D eigenvalue weighted by Gasteiger charge is -2.34. The van der Waals surface area contributed by atoms with Crippen LogP contribution in [0.15, 0.2) is 0 Å². The van der Waals surface area contributed by atoms with Gasteiger partial charge in [0.1, 0.15) is 0 Å². The molecule has 2 rings (SSSR count). The van der Waals surface area contributed by atoms with E-state index < -0.39 is 0 Å². The highest BCUT2D eigenvalue weighted by molar-refractivity contribution is 8.00. The topological polar surface area (TPSA) is 15.3 Å². The minimum Gasteiger partial charge on any atom is -0.314 e. The molecule has 1 atom stereocenters. The molecule has 2 nitrogen and oxygen atoms in total. The molecule has 0 aromatic carbocycles. The van der Waals surface area contributed by atoms with Crippen LogP contribution in [0.5, 0.6) is 0 Å². The van der Waals surface area contributed by atoms with E-state index in [2.05, 4.69) is 35.3 Å². The normalized spacial score (nSPS) is 29.6. The van der Waals surface area contributed by atoms with Crippen molar-refractivity contribution in [2.24, 2.45) is 0 Å². The van der Waals surface area contributed by atoms with Crippen molar-refractivity contribution < 1.29 is 0 Å². The Morgan fingerprint density at radius 3 is 2.65 bits per heavy atom. The molecular weight excluding hydrogens is 228 g/mol. The van der Waals surface area contributed by atoms with Gasteiger partial charge in [0.15, 0.2) is 0 Å². The van der Waals surface area contributed by atoms with Crippen molar-refractivity contribution in [1.29, 1.82) is 0 Å². The van der Waals surface area contributed by atoms with Crippen molar-refractivity contribution in [2.45, 2.75) is 55.7 Å². The molecule has 2 fully saturated rings. The minimum atomic E-state index is 0.563. The van der Waals surface area contributed by atoms with Crippen molar-refractivity contribution in [3.63, 3.8) is 0 Å². The van der Waals surface area contributed by atoms with E-state index in [1.807, 2.05) is 0 Å². The third-order valence-corrected chi connectivity index (χ3v) is 6.12. The Kier molecular flexibility index (Phi) is 5.19. The molecule has 1 aliphatic heterocycles. The lowest BCUT2D eigenvalue weighted by atomic mass is 10.0. The number of thioether (sulfide) groups is 1. The van der Waals surface area contributed by atoms with Crippen molar-refractivity contribution in [3.8, 4) is 0 Å². The zero-order chi connectivity index (χ0) is 12.1. The van der Waals surface area contributed by atoms with Crippen molar-refractivity contribution in [3.05, 3.63) is 0 Å². The number of hydrogen-bond acceptors (Lipinski definition) is 3. The molecule has 0 aromatic heterocycles. The molecule has 0 amide bonds. The molecule has 1 aliphatic carbocycles. The van der Waals surface area contributed by atoms with Gasteiger partial charge < -0.3 is 10.2 Å². The number of hydrogen-bond donors (Lipinski definition) is 1. The van der Waals surface area contributed by atoms with E-state index in [1.54, 1.807) is 0 Å². The van der Waals surface area contributed by atoms with Gasteiger partial charge in [0, 0.05) is 23.9 Å². The summed E-state index contributed by atoms with van der Waals surface area (Å²) in [7, 11) is 2.28. The number of likely N-dealkylation sites (N-methyl/N-ethyl adjacent to an activating group) is 1. The lowest BCUT2D eigenvalue weighted by Crippen LogP contribution is -2.46. The van der Waals surface area contributed by atoms with Gasteiger partial charge in [-0.25, -0.2) is 0 Å². The molecule has 1 saturated carbocycles. The molecule has 0 radical (unpaired) electrons. The maximum absolute atomic E-state index is 3.76. The molecule has 3 heteroatoms. The fourth-order valence-corrected chi connectivity index (χ4v) is 4.28. The predicted octanol–water partition coefficient (Wildman–Crippen LogP) is 2.74. The first-order valence-electron chi connectivity index (χ1n) is 7.22. The SMILES string of the molecule is CSC1(CNCC2CCCCN2C)CCCC1. The Morgan fingerprint density at radius 1 is 1.24 bits per heavy atom. The molecular formula is C14H28N2S. The van der Waals surface area contributed by atoms with Crippen LogP contribution in [0.1, 0.15) is 44.9 Å². The van der Waals surface area contributed by atoms with Crippen molar-refractivity contribution >= 4 is 11.8 Å². The average molecular weight is 256 g/mol. The summed E-state index contributed by atoms with van der Waals surface area (Å²) in [4.78, 5) is 2.54. The van der Waals surface area contributed by atoms with E-state index in [1.165, 1.54) is 64.6 Å². The van der Waals surface area contributed by atoms with E-state index in [0.29, 0.717) is 4.75 Å². The summed E-state index contributed by atoms with van der Waals surface area (Å²) in [5, 5.41) is 3.76. The summed E-state index contributed by atoms with van der Waals surface area (Å²) in [6.45, 7) is 3.71. The van der Waals surface area contributed by atoms with E-state index in [0.717, 1.165) is 6.04 Å². The molecule has 0 aromatic rings. The van der Waals surface area contributed by atoms with Crippen LogP contribution < -0.4 is 5.32 Å². The van der Waals surface area contributed by atoms with Gasteiger partial charge in [-0.05, 0) is 45.5 Å². The quantitative estimate of drug-likeness (QED) is 0.814. The van der Waals surface area contributed by atoms with Crippen LogP contribution in [-0.4, -0.2) is 48.6 Å². The van der Waals surface area contributed by atoms with E-state index >= 15 is 0 Å². The second-order valence-corrected chi connectivity index (χ2v) is 7.13. The molecule has 0 spiro atoms. The Hall–Kier alpha value is 0.270. The summed E-state index contributed by atoms with van der Waals surface area (Å²) in [5.74, 6) is 0. The second-order valence-electron chi connectivity index (χ2n) is 5.86. The van der Waals surface area contributed by atoms with E-state index in [4.69, 9.17) is 0 Å². The van der Waals surface area contributed by atoms with Gasteiger partial charge in [-0.2, -0.15) is 11.8 Å². The Labute approximate surface area is 111 Å². The third-order valence-electron chi connectivity index (χ3n) is 4.70. The number of likely N-dealkylation sites (tertiary alicyclic amines) is 1. The number of nitrogens with one attached hydrogen (secondary N) is 1. The van der Waals surface area contributed by atoms with Crippen molar-refractivity contribution in [1.82, 2.24) is 10.2 Å². The fraction of sp³-hybridized carbons (Fsp3) is 1.00. The molecule has 1 N–H and O–H groups in total. The zero-order valence-corrected chi connectivity index (χ0v) is 12.3. The van der Waals surface area contributed by atoms with Gasteiger partial charge in [0.05, 0.1) is 0 Å². The predicted molar refractivity (Wildman–Crippen MR) is 77.9 cm³/mol. The van der Waals surface area contributed by atoms with Crippen LogP contribution in [0, 0.1) is 0 Å². The first-order valence-corrected chi connectivity index (χ1v) is 8.44. The van der Waals surface area contributed by atoms with Crippen LogP contribution >= 0.6 is 11.8 Å². The van der Waals surface area contributed by atoms with Gasteiger partial charge >= 0.3 is 0 Å². The molecule has 1 saturated heterocycles. The van der Waals surface area contributed by atoms with Gasteiger partial charge in [0.2, 0.25) is 0 Å². The molecule has 100 valence electrons. The zero-order valence-electron chi connectivity index (χ0n) is 11.5. The molecule has 0 bridgehead atoms. The number of nitrogens with zero attached hydrogens (tertiary/aromatic N) is 1. The van der Waals surface area contributed by atoms with E-state index in [-0.39, 0.29) is 0 Å². The number of piperidine rings is 1. The Bertz CT molecular complexity index is 226. The molecule has 1 heterocycles. The highest BCUT2D eigenvalue weighted by Crippen LogP contribution is 2.39.